The van der Waals surface area contributed by atoms with Crippen LogP contribution in [0.5, 0.6) is 0 Å². The quantitative estimate of drug-likeness (QED) is 0.638. The van der Waals surface area contributed by atoms with Crippen LogP contribution in [0.1, 0.15) is 47.6 Å². The van der Waals surface area contributed by atoms with Crippen LogP contribution in [0.4, 0.5) is 0 Å². The number of benzene rings is 2. The standard InChI is InChI=1S/C23H25N3O3/c1-23(2)12-11-20-19(13-23)21(22(27)28)25-26(20)17-9-7-15(8-10-17)18-6-4-3-5-16(18)14-29-24/h3-10H,11-14,24H2,1-2H3,(H,27,28). The number of nitrogens with two attached hydrogens (primary N) is 1. The number of fused-ring (bicyclic) bond motifs is 1. The SMILES string of the molecule is CC1(C)CCc2c(c(C(=O)O)nn2-c2ccc(-c3ccccc3CON)cc2)C1. The first-order valence-electron chi connectivity index (χ1n) is 9.74. The van der Waals surface area contributed by atoms with E-state index in [1.165, 1.54) is 0 Å². The van der Waals surface area contributed by atoms with E-state index in [9.17, 15) is 9.90 Å². The maximum atomic E-state index is 11.8. The maximum Gasteiger partial charge on any atom is 0.356 e. The second-order valence-corrected chi connectivity index (χ2v) is 8.35. The molecule has 6 heteroatoms. The molecular formula is C23H25N3O3. The minimum absolute atomic E-state index is 0.0870. The van der Waals surface area contributed by atoms with Gasteiger partial charge in [0.1, 0.15) is 0 Å². The van der Waals surface area contributed by atoms with Gasteiger partial charge in [-0.1, -0.05) is 50.2 Å². The van der Waals surface area contributed by atoms with E-state index in [0.717, 1.165) is 52.9 Å². The number of hydrogen-bond acceptors (Lipinski definition) is 4. The van der Waals surface area contributed by atoms with Gasteiger partial charge in [-0.2, -0.15) is 5.10 Å². The van der Waals surface area contributed by atoms with Crippen molar-refractivity contribution in [2.45, 2.75) is 39.7 Å². The van der Waals surface area contributed by atoms with Gasteiger partial charge in [0.15, 0.2) is 5.69 Å². The van der Waals surface area contributed by atoms with Crippen molar-refractivity contribution < 1.29 is 14.7 Å². The van der Waals surface area contributed by atoms with Gasteiger partial charge < -0.3 is 5.11 Å². The van der Waals surface area contributed by atoms with Gasteiger partial charge in [-0.3, -0.25) is 4.84 Å². The highest BCUT2D eigenvalue weighted by atomic mass is 16.6. The van der Waals surface area contributed by atoms with E-state index in [1.54, 1.807) is 4.68 Å². The summed E-state index contributed by atoms with van der Waals surface area (Å²) in [6.07, 6.45) is 2.56. The minimum atomic E-state index is -0.968. The topological polar surface area (TPSA) is 90.4 Å². The third-order valence-corrected chi connectivity index (χ3v) is 5.67. The summed E-state index contributed by atoms with van der Waals surface area (Å²) >= 11 is 0. The highest BCUT2D eigenvalue weighted by molar-refractivity contribution is 5.87. The number of carbonyl (C=O) groups is 1. The number of rotatable bonds is 5. The summed E-state index contributed by atoms with van der Waals surface area (Å²) < 4.78 is 1.80. The van der Waals surface area contributed by atoms with E-state index in [4.69, 9.17) is 10.7 Å². The number of nitrogens with zero attached hydrogens (tertiary/aromatic N) is 2. The molecule has 3 N–H and O–H groups in total. The molecule has 0 bridgehead atoms. The van der Waals surface area contributed by atoms with Gasteiger partial charge in [-0.25, -0.2) is 15.4 Å². The Kier molecular flexibility index (Phi) is 4.98. The van der Waals surface area contributed by atoms with Crippen molar-refractivity contribution in [2.75, 3.05) is 0 Å². The molecule has 1 aliphatic carbocycles. The normalized spacial score (nSPS) is 15.1. The fourth-order valence-corrected chi connectivity index (χ4v) is 4.14. The molecule has 4 rings (SSSR count). The Bertz CT molecular complexity index is 1050. The number of carboxylic acid groups (broad SMARTS) is 1. The van der Waals surface area contributed by atoms with Crippen LogP contribution < -0.4 is 5.90 Å². The van der Waals surface area contributed by atoms with E-state index < -0.39 is 5.97 Å². The van der Waals surface area contributed by atoms with Gasteiger partial charge in [0, 0.05) is 11.3 Å². The predicted molar refractivity (Wildman–Crippen MR) is 111 cm³/mol. The lowest BCUT2D eigenvalue weighted by atomic mass is 9.76. The van der Waals surface area contributed by atoms with Crippen LogP contribution >= 0.6 is 0 Å². The van der Waals surface area contributed by atoms with Crippen molar-refractivity contribution in [2.24, 2.45) is 11.3 Å². The third kappa shape index (κ3) is 3.69. The summed E-state index contributed by atoms with van der Waals surface area (Å²) in [7, 11) is 0. The molecule has 1 aromatic heterocycles. The molecule has 1 aliphatic rings. The predicted octanol–water partition coefficient (Wildman–Crippen LogP) is 4.14. The molecule has 6 nitrogen and oxygen atoms in total. The number of hydrogen-bond donors (Lipinski definition) is 2. The Labute approximate surface area is 169 Å². The molecular weight excluding hydrogens is 366 g/mol. The van der Waals surface area contributed by atoms with Gasteiger partial charge in [0.25, 0.3) is 0 Å². The molecule has 0 fully saturated rings. The van der Waals surface area contributed by atoms with Crippen molar-refractivity contribution in [1.29, 1.82) is 0 Å². The number of carboxylic acids is 1. The van der Waals surface area contributed by atoms with Crippen molar-refractivity contribution in [3.05, 3.63) is 71.0 Å². The lowest BCUT2D eigenvalue weighted by Gasteiger charge is -2.29. The lowest BCUT2D eigenvalue weighted by Crippen LogP contribution is -2.23. The minimum Gasteiger partial charge on any atom is -0.476 e. The summed E-state index contributed by atoms with van der Waals surface area (Å²) in [4.78, 5) is 16.6. The smallest absolute Gasteiger partial charge is 0.356 e. The third-order valence-electron chi connectivity index (χ3n) is 5.67. The number of aromatic carboxylic acids is 1. The molecule has 0 amide bonds. The van der Waals surface area contributed by atoms with Crippen LogP contribution in [0, 0.1) is 5.41 Å². The Morgan fingerprint density at radius 3 is 2.62 bits per heavy atom. The first-order valence-corrected chi connectivity index (χ1v) is 9.74. The highest BCUT2D eigenvalue weighted by Gasteiger charge is 2.33. The fourth-order valence-electron chi connectivity index (χ4n) is 4.14. The van der Waals surface area contributed by atoms with E-state index in [2.05, 4.69) is 18.9 Å². The molecule has 0 atom stereocenters. The Balaban J connectivity index is 1.73. The average molecular weight is 391 g/mol. The van der Waals surface area contributed by atoms with Gasteiger partial charge in [0.2, 0.25) is 0 Å². The van der Waals surface area contributed by atoms with Crippen LogP contribution in [-0.4, -0.2) is 20.9 Å². The van der Waals surface area contributed by atoms with Gasteiger partial charge in [-0.05, 0) is 53.5 Å². The molecule has 0 radical (unpaired) electrons. The molecule has 0 spiro atoms. The largest absolute Gasteiger partial charge is 0.476 e. The summed E-state index contributed by atoms with van der Waals surface area (Å²) in [5.41, 5.74) is 6.10. The molecule has 2 aromatic carbocycles. The van der Waals surface area contributed by atoms with Crippen LogP contribution in [0.25, 0.3) is 16.8 Å². The monoisotopic (exact) mass is 391 g/mol. The number of aromatic nitrogens is 2. The molecule has 0 saturated carbocycles. The first-order chi connectivity index (χ1) is 13.9. The second kappa shape index (κ2) is 7.46. The second-order valence-electron chi connectivity index (χ2n) is 8.35. The zero-order chi connectivity index (χ0) is 20.6. The van der Waals surface area contributed by atoms with Crippen LogP contribution in [0.15, 0.2) is 48.5 Å². The average Bonchev–Trinajstić information content (AvgIpc) is 3.06. The Morgan fingerprint density at radius 1 is 1.21 bits per heavy atom. The van der Waals surface area contributed by atoms with Gasteiger partial charge in [-0.15, -0.1) is 0 Å². The van der Waals surface area contributed by atoms with E-state index in [-0.39, 0.29) is 11.1 Å². The summed E-state index contributed by atoms with van der Waals surface area (Å²) in [6.45, 7) is 4.69. The fraction of sp³-hybridized carbons (Fsp3) is 0.304. The zero-order valence-corrected chi connectivity index (χ0v) is 16.7. The van der Waals surface area contributed by atoms with Gasteiger partial charge in [0.05, 0.1) is 12.3 Å². The molecule has 0 unspecified atom stereocenters. The highest BCUT2D eigenvalue weighted by Crippen LogP contribution is 2.37. The van der Waals surface area contributed by atoms with Crippen LogP contribution in [0.3, 0.4) is 0 Å². The molecule has 150 valence electrons. The van der Waals surface area contributed by atoms with E-state index in [1.807, 2.05) is 48.5 Å². The van der Waals surface area contributed by atoms with Crippen molar-refractivity contribution >= 4 is 5.97 Å². The Hall–Kier alpha value is -2.96. The maximum absolute atomic E-state index is 11.8. The summed E-state index contributed by atoms with van der Waals surface area (Å²) in [5, 5.41) is 14.1. The van der Waals surface area contributed by atoms with Crippen molar-refractivity contribution in [3.63, 3.8) is 0 Å². The molecule has 0 aliphatic heterocycles. The molecule has 3 aromatic rings. The van der Waals surface area contributed by atoms with Crippen molar-refractivity contribution in [3.8, 4) is 16.8 Å². The zero-order valence-electron chi connectivity index (χ0n) is 16.7. The van der Waals surface area contributed by atoms with Crippen LogP contribution in [0.2, 0.25) is 0 Å². The van der Waals surface area contributed by atoms with E-state index in [0.29, 0.717) is 6.61 Å². The van der Waals surface area contributed by atoms with Crippen molar-refractivity contribution in [1.82, 2.24) is 9.78 Å². The van der Waals surface area contributed by atoms with Crippen LogP contribution in [-0.2, 0) is 24.3 Å². The summed E-state index contributed by atoms with van der Waals surface area (Å²) in [5.74, 6) is 4.29. The molecule has 0 saturated heterocycles. The lowest BCUT2D eigenvalue weighted by molar-refractivity contribution is 0.0688. The molecule has 1 heterocycles. The van der Waals surface area contributed by atoms with Gasteiger partial charge >= 0.3 is 5.97 Å². The summed E-state index contributed by atoms with van der Waals surface area (Å²) in [6, 6.07) is 16.0. The molecule has 29 heavy (non-hydrogen) atoms. The first kappa shape index (κ1) is 19.4. The van der Waals surface area contributed by atoms with E-state index >= 15 is 0 Å². The Morgan fingerprint density at radius 2 is 1.93 bits per heavy atom.